The zero-order chi connectivity index (χ0) is 15.0. The molecule has 4 amide bonds. The van der Waals surface area contributed by atoms with E-state index in [1.54, 1.807) is 20.8 Å². The Bertz CT molecular complexity index is 443. The third-order valence-corrected chi connectivity index (χ3v) is 3.41. The molecule has 1 unspecified atom stereocenters. The second-order valence-electron chi connectivity index (χ2n) is 6.35. The van der Waals surface area contributed by atoms with Crippen molar-refractivity contribution in [3.63, 3.8) is 0 Å². The minimum atomic E-state index is -1.01. The zero-order valence-corrected chi connectivity index (χ0v) is 12.1. The first-order valence-corrected chi connectivity index (χ1v) is 6.83. The molecule has 2 aliphatic rings. The number of ether oxygens (including phenoxy) is 1. The highest BCUT2D eigenvalue weighted by atomic mass is 16.6. The Morgan fingerprint density at radius 2 is 2.00 bits per heavy atom. The molecule has 20 heavy (non-hydrogen) atoms. The molecule has 0 aromatic rings. The smallest absolute Gasteiger partial charge is 0.410 e. The first-order valence-electron chi connectivity index (χ1n) is 6.83. The van der Waals surface area contributed by atoms with Crippen molar-refractivity contribution in [2.75, 3.05) is 13.1 Å². The summed E-state index contributed by atoms with van der Waals surface area (Å²) in [4.78, 5) is 37.0. The van der Waals surface area contributed by atoms with Gasteiger partial charge in [0.05, 0.1) is 6.54 Å². The van der Waals surface area contributed by atoms with Crippen molar-refractivity contribution in [3.05, 3.63) is 0 Å². The van der Waals surface area contributed by atoms with Crippen LogP contribution >= 0.6 is 0 Å². The van der Waals surface area contributed by atoms with Crippen LogP contribution in [0, 0.1) is 0 Å². The summed E-state index contributed by atoms with van der Waals surface area (Å²) in [7, 11) is 0. The number of amides is 4. The quantitative estimate of drug-likeness (QED) is 0.649. The average Bonchev–Trinajstić information content (AvgIpc) is 2.48. The average molecular weight is 283 g/mol. The molecular weight excluding hydrogens is 262 g/mol. The van der Waals surface area contributed by atoms with Crippen molar-refractivity contribution in [3.8, 4) is 0 Å². The van der Waals surface area contributed by atoms with E-state index in [0.717, 1.165) is 12.8 Å². The number of carbonyl (C=O) groups is 3. The fraction of sp³-hybridized carbons (Fsp3) is 0.769. The highest BCUT2D eigenvalue weighted by Gasteiger charge is 2.48. The van der Waals surface area contributed by atoms with E-state index < -0.39 is 23.3 Å². The molecule has 7 heteroatoms. The molecule has 1 spiro atoms. The Labute approximate surface area is 118 Å². The van der Waals surface area contributed by atoms with E-state index in [0.29, 0.717) is 13.0 Å². The van der Waals surface area contributed by atoms with Gasteiger partial charge in [0.25, 0.3) is 5.91 Å². The molecule has 2 heterocycles. The number of hydrogen-bond acceptors (Lipinski definition) is 4. The SMILES string of the molecule is CC(C)(C)OC(=O)N1CCCCC2(C1)NC(=O)NC2=O. The van der Waals surface area contributed by atoms with Gasteiger partial charge < -0.3 is 15.0 Å². The van der Waals surface area contributed by atoms with Gasteiger partial charge in [-0.05, 0) is 40.0 Å². The molecule has 2 N–H and O–H groups in total. The van der Waals surface area contributed by atoms with E-state index in [1.165, 1.54) is 4.90 Å². The number of rotatable bonds is 0. The van der Waals surface area contributed by atoms with Gasteiger partial charge in [0.2, 0.25) is 0 Å². The van der Waals surface area contributed by atoms with E-state index in [9.17, 15) is 14.4 Å². The molecule has 0 saturated carbocycles. The minimum absolute atomic E-state index is 0.152. The van der Waals surface area contributed by atoms with Gasteiger partial charge in [-0.1, -0.05) is 0 Å². The predicted octanol–water partition coefficient (Wildman–Crippen LogP) is 0.986. The number of hydrogen-bond donors (Lipinski definition) is 2. The maximum atomic E-state index is 12.2. The standard InChI is InChI=1S/C13H21N3O4/c1-12(2,3)20-11(19)16-7-5-4-6-13(8-16)9(17)14-10(18)15-13/h4-8H2,1-3H3,(H2,14,15,17,18). The van der Waals surface area contributed by atoms with Crippen LogP contribution in [0.5, 0.6) is 0 Å². The Balaban J connectivity index is 2.13. The first kappa shape index (κ1) is 14.6. The number of likely N-dealkylation sites (tertiary alicyclic amines) is 1. The number of urea groups is 1. The fourth-order valence-corrected chi connectivity index (χ4v) is 2.51. The molecule has 0 aromatic carbocycles. The number of imide groups is 1. The summed E-state index contributed by atoms with van der Waals surface area (Å²) in [6.07, 6.45) is 1.63. The van der Waals surface area contributed by atoms with Gasteiger partial charge >= 0.3 is 12.1 Å². The summed E-state index contributed by atoms with van der Waals surface area (Å²) >= 11 is 0. The number of nitrogens with one attached hydrogen (secondary N) is 2. The van der Waals surface area contributed by atoms with Gasteiger partial charge in [-0.25, -0.2) is 9.59 Å². The van der Waals surface area contributed by atoms with Crippen LogP contribution in [-0.2, 0) is 9.53 Å². The van der Waals surface area contributed by atoms with E-state index in [4.69, 9.17) is 4.74 Å². The Kier molecular flexibility index (Phi) is 3.62. The zero-order valence-electron chi connectivity index (χ0n) is 12.1. The van der Waals surface area contributed by atoms with Crippen molar-refractivity contribution in [2.45, 2.75) is 51.2 Å². The highest BCUT2D eigenvalue weighted by molar-refractivity contribution is 6.07. The van der Waals surface area contributed by atoms with Crippen LogP contribution in [0.1, 0.15) is 40.0 Å². The molecule has 0 aliphatic carbocycles. The van der Waals surface area contributed by atoms with Crippen LogP contribution in [-0.4, -0.2) is 47.2 Å². The molecule has 0 radical (unpaired) electrons. The van der Waals surface area contributed by atoms with Crippen molar-refractivity contribution in [2.24, 2.45) is 0 Å². The molecule has 2 aliphatic heterocycles. The summed E-state index contributed by atoms with van der Waals surface area (Å²) < 4.78 is 5.34. The van der Waals surface area contributed by atoms with Crippen LogP contribution in [0.25, 0.3) is 0 Å². The maximum absolute atomic E-state index is 12.2. The van der Waals surface area contributed by atoms with Gasteiger partial charge in [0.15, 0.2) is 0 Å². The van der Waals surface area contributed by atoms with Crippen LogP contribution in [0.15, 0.2) is 0 Å². The van der Waals surface area contributed by atoms with E-state index in [-0.39, 0.29) is 12.5 Å². The summed E-state index contributed by atoms with van der Waals surface area (Å²) in [6.45, 7) is 6.06. The molecule has 112 valence electrons. The second-order valence-corrected chi connectivity index (χ2v) is 6.35. The Morgan fingerprint density at radius 1 is 1.30 bits per heavy atom. The van der Waals surface area contributed by atoms with E-state index in [2.05, 4.69) is 10.6 Å². The van der Waals surface area contributed by atoms with Gasteiger partial charge in [-0.15, -0.1) is 0 Å². The van der Waals surface area contributed by atoms with Crippen LogP contribution < -0.4 is 10.6 Å². The Hall–Kier alpha value is -1.79. The molecule has 1 atom stereocenters. The third kappa shape index (κ3) is 3.02. The highest BCUT2D eigenvalue weighted by Crippen LogP contribution is 2.25. The lowest BCUT2D eigenvalue weighted by molar-refractivity contribution is -0.124. The van der Waals surface area contributed by atoms with Gasteiger partial charge in [-0.2, -0.15) is 0 Å². The fourth-order valence-electron chi connectivity index (χ4n) is 2.51. The van der Waals surface area contributed by atoms with Gasteiger partial charge in [-0.3, -0.25) is 10.1 Å². The monoisotopic (exact) mass is 283 g/mol. The van der Waals surface area contributed by atoms with Crippen LogP contribution in [0.3, 0.4) is 0 Å². The number of carbonyl (C=O) groups excluding carboxylic acids is 3. The summed E-state index contributed by atoms with van der Waals surface area (Å²) in [6, 6.07) is -0.499. The van der Waals surface area contributed by atoms with E-state index in [1.807, 2.05) is 0 Å². The van der Waals surface area contributed by atoms with Crippen molar-refractivity contribution in [1.29, 1.82) is 0 Å². The van der Waals surface area contributed by atoms with Crippen molar-refractivity contribution < 1.29 is 19.1 Å². The molecule has 7 nitrogen and oxygen atoms in total. The number of nitrogens with zero attached hydrogens (tertiary/aromatic N) is 1. The summed E-state index contributed by atoms with van der Waals surface area (Å²) in [5, 5.41) is 4.90. The third-order valence-electron chi connectivity index (χ3n) is 3.41. The minimum Gasteiger partial charge on any atom is -0.444 e. The van der Waals surface area contributed by atoms with Crippen LogP contribution in [0.2, 0.25) is 0 Å². The summed E-state index contributed by atoms with van der Waals surface area (Å²) in [5.74, 6) is -0.363. The molecular formula is C13H21N3O4. The van der Waals surface area contributed by atoms with E-state index >= 15 is 0 Å². The maximum Gasteiger partial charge on any atom is 0.410 e. The normalized spacial score (nSPS) is 27.1. The largest absolute Gasteiger partial charge is 0.444 e. The van der Waals surface area contributed by atoms with Crippen molar-refractivity contribution in [1.82, 2.24) is 15.5 Å². The van der Waals surface area contributed by atoms with Gasteiger partial charge in [0, 0.05) is 6.54 Å². The predicted molar refractivity (Wildman–Crippen MR) is 71.1 cm³/mol. The molecule has 0 aromatic heterocycles. The van der Waals surface area contributed by atoms with Crippen LogP contribution in [0.4, 0.5) is 9.59 Å². The summed E-state index contributed by atoms with van der Waals surface area (Å²) in [5.41, 5.74) is -1.60. The first-order chi connectivity index (χ1) is 9.22. The Morgan fingerprint density at radius 3 is 2.55 bits per heavy atom. The lowest BCUT2D eigenvalue weighted by atomic mass is 9.94. The second kappa shape index (κ2) is 4.96. The molecule has 0 bridgehead atoms. The molecule has 2 fully saturated rings. The lowest BCUT2D eigenvalue weighted by Crippen LogP contribution is -2.55. The topological polar surface area (TPSA) is 87.7 Å². The van der Waals surface area contributed by atoms with Gasteiger partial charge in [0.1, 0.15) is 11.1 Å². The lowest BCUT2D eigenvalue weighted by Gasteiger charge is -2.31. The van der Waals surface area contributed by atoms with Crippen molar-refractivity contribution >= 4 is 18.0 Å². The molecule has 2 saturated heterocycles. The molecule has 2 rings (SSSR count).